The maximum absolute atomic E-state index is 12.0. The van der Waals surface area contributed by atoms with Crippen molar-refractivity contribution in [1.82, 2.24) is 10.2 Å². The summed E-state index contributed by atoms with van der Waals surface area (Å²) < 4.78 is 0. The highest BCUT2D eigenvalue weighted by molar-refractivity contribution is 7.80. The third-order valence-electron chi connectivity index (χ3n) is 2.72. The van der Waals surface area contributed by atoms with Crippen molar-refractivity contribution in [3.63, 3.8) is 0 Å². The minimum Gasteiger partial charge on any atom is -0.391 e. The van der Waals surface area contributed by atoms with E-state index in [1.807, 2.05) is 30.3 Å². The van der Waals surface area contributed by atoms with E-state index in [-0.39, 0.29) is 5.91 Å². The Labute approximate surface area is 105 Å². The number of amides is 1. The number of hydrogen-bond donors (Lipinski definition) is 2. The maximum Gasteiger partial charge on any atom is 0.254 e. The smallest absolute Gasteiger partial charge is 0.254 e. The molecule has 1 saturated heterocycles. The Morgan fingerprint density at radius 3 is 2.65 bits per heavy atom. The molecule has 2 atom stereocenters. The molecule has 2 N–H and O–H groups in total. The van der Waals surface area contributed by atoms with Crippen molar-refractivity contribution < 1.29 is 9.90 Å². The monoisotopic (exact) mass is 250 g/mol. The van der Waals surface area contributed by atoms with Gasteiger partial charge in [-0.2, -0.15) is 0 Å². The zero-order valence-electron chi connectivity index (χ0n) is 9.46. The Bertz CT molecular complexity index is 433. The van der Waals surface area contributed by atoms with Crippen LogP contribution in [0.2, 0.25) is 0 Å². The van der Waals surface area contributed by atoms with E-state index < -0.39 is 12.1 Å². The van der Waals surface area contributed by atoms with Gasteiger partial charge >= 0.3 is 0 Å². The molecule has 5 heteroatoms. The van der Waals surface area contributed by atoms with E-state index in [4.69, 9.17) is 12.2 Å². The van der Waals surface area contributed by atoms with Gasteiger partial charge in [-0.3, -0.25) is 9.69 Å². The van der Waals surface area contributed by atoms with Crippen molar-refractivity contribution in [2.75, 3.05) is 0 Å². The summed E-state index contributed by atoms with van der Waals surface area (Å²) in [5, 5.41) is 12.7. The maximum atomic E-state index is 12.0. The number of carbonyl (C=O) groups is 1. The molecular formula is C12H14N2O2S. The molecule has 2 rings (SSSR count). The number of aliphatic hydroxyl groups is 1. The van der Waals surface area contributed by atoms with Crippen molar-refractivity contribution in [3.05, 3.63) is 35.9 Å². The summed E-state index contributed by atoms with van der Waals surface area (Å²) in [4.78, 5) is 13.5. The number of rotatable bonds is 3. The van der Waals surface area contributed by atoms with Gasteiger partial charge in [-0.15, -0.1) is 0 Å². The van der Waals surface area contributed by atoms with Crippen LogP contribution in [0.5, 0.6) is 0 Å². The lowest BCUT2D eigenvalue weighted by molar-refractivity contribution is -0.129. The number of hydrogen-bond acceptors (Lipinski definition) is 3. The number of benzene rings is 1. The molecular weight excluding hydrogens is 236 g/mol. The molecule has 1 fully saturated rings. The van der Waals surface area contributed by atoms with Crippen LogP contribution in [0.15, 0.2) is 30.3 Å². The minimum absolute atomic E-state index is 0.172. The molecule has 0 spiro atoms. The number of thiocarbonyl (C=S) groups is 1. The Hall–Kier alpha value is -1.46. The predicted molar refractivity (Wildman–Crippen MR) is 68.2 cm³/mol. The molecule has 0 bridgehead atoms. The highest BCUT2D eigenvalue weighted by Crippen LogP contribution is 2.14. The first-order valence-electron chi connectivity index (χ1n) is 5.43. The lowest BCUT2D eigenvalue weighted by atomic mass is 10.1. The Balaban J connectivity index is 2.12. The molecule has 0 radical (unpaired) electrons. The SMILES string of the molecule is CC(O)C1NC(=S)N(Cc2ccccc2)C1=O. The van der Waals surface area contributed by atoms with Gasteiger partial charge < -0.3 is 10.4 Å². The molecule has 0 aromatic heterocycles. The van der Waals surface area contributed by atoms with Crippen molar-refractivity contribution in [1.29, 1.82) is 0 Å². The fourth-order valence-corrected chi connectivity index (χ4v) is 2.06. The largest absolute Gasteiger partial charge is 0.391 e. The van der Waals surface area contributed by atoms with Gasteiger partial charge in [-0.05, 0) is 24.7 Å². The van der Waals surface area contributed by atoms with Gasteiger partial charge in [-0.25, -0.2) is 0 Å². The van der Waals surface area contributed by atoms with E-state index >= 15 is 0 Å². The Kier molecular flexibility index (Phi) is 3.40. The van der Waals surface area contributed by atoms with Crippen LogP contribution in [0.3, 0.4) is 0 Å². The minimum atomic E-state index is -0.749. The fourth-order valence-electron chi connectivity index (χ4n) is 1.78. The van der Waals surface area contributed by atoms with E-state index in [9.17, 15) is 9.90 Å². The van der Waals surface area contributed by atoms with Gasteiger partial charge in [0.15, 0.2) is 5.11 Å². The standard InChI is InChI=1S/C12H14N2O2S/c1-8(15)10-11(16)14(12(17)13-10)7-9-5-3-2-4-6-9/h2-6,8,10,15H,7H2,1H3,(H,13,17). The third-order valence-corrected chi connectivity index (χ3v) is 3.06. The molecule has 1 aliphatic heterocycles. The van der Waals surface area contributed by atoms with E-state index in [0.29, 0.717) is 11.7 Å². The quantitative estimate of drug-likeness (QED) is 0.774. The first-order valence-corrected chi connectivity index (χ1v) is 5.84. The lowest BCUT2D eigenvalue weighted by Gasteiger charge is -2.15. The molecule has 4 nitrogen and oxygen atoms in total. The second-order valence-corrected chi connectivity index (χ2v) is 4.46. The molecule has 0 aliphatic carbocycles. The topological polar surface area (TPSA) is 52.6 Å². The highest BCUT2D eigenvalue weighted by Gasteiger charge is 2.37. The van der Waals surface area contributed by atoms with Crippen LogP contribution in [-0.2, 0) is 11.3 Å². The molecule has 1 aromatic carbocycles. The highest BCUT2D eigenvalue weighted by atomic mass is 32.1. The van der Waals surface area contributed by atoms with Gasteiger partial charge in [0, 0.05) is 0 Å². The molecule has 0 saturated carbocycles. The third kappa shape index (κ3) is 2.45. The van der Waals surface area contributed by atoms with E-state index in [1.54, 1.807) is 6.92 Å². The lowest BCUT2D eigenvalue weighted by Crippen LogP contribution is -2.39. The summed E-state index contributed by atoms with van der Waals surface area (Å²) in [6.45, 7) is 2.01. The molecule has 17 heavy (non-hydrogen) atoms. The van der Waals surface area contributed by atoms with Gasteiger partial charge in [-0.1, -0.05) is 30.3 Å². The Morgan fingerprint density at radius 1 is 1.47 bits per heavy atom. The number of carbonyl (C=O) groups excluding carboxylic acids is 1. The summed E-state index contributed by atoms with van der Waals surface area (Å²) in [7, 11) is 0. The van der Waals surface area contributed by atoms with E-state index in [2.05, 4.69) is 5.32 Å². The van der Waals surface area contributed by atoms with Crippen LogP contribution in [0, 0.1) is 0 Å². The van der Waals surface area contributed by atoms with E-state index in [1.165, 1.54) is 4.90 Å². The molecule has 1 amide bonds. The van der Waals surface area contributed by atoms with Crippen molar-refractivity contribution in [2.24, 2.45) is 0 Å². The van der Waals surface area contributed by atoms with Crippen LogP contribution in [0.4, 0.5) is 0 Å². The number of nitrogens with one attached hydrogen (secondary N) is 1. The summed E-state index contributed by atoms with van der Waals surface area (Å²) in [5.74, 6) is -0.172. The van der Waals surface area contributed by atoms with Crippen molar-refractivity contribution in [2.45, 2.75) is 25.6 Å². The predicted octanol–water partition coefficient (Wildman–Crippen LogP) is 0.653. The fraction of sp³-hybridized carbons (Fsp3) is 0.333. The van der Waals surface area contributed by atoms with Gasteiger partial charge in [0.25, 0.3) is 5.91 Å². The first kappa shape index (κ1) is 12.0. The second-order valence-electron chi connectivity index (χ2n) is 4.08. The first-order chi connectivity index (χ1) is 8.09. The second kappa shape index (κ2) is 4.81. The van der Waals surface area contributed by atoms with E-state index in [0.717, 1.165) is 5.56 Å². The van der Waals surface area contributed by atoms with Gasteiger partial charge in [0.05, 0.1) is 12.6 Å². The zero-order valence-corrected chi connectivity index (χ0v) is 10.3. The Morgan fingerprint density at radius 2 is 2.12 bits per heavy atom. The van der Waals surface area contributed by atoms with Crippen molar-refractivity contribution >= 4 is 23.2 Å². The van der Waals surface area contributed by atoms with Crippen LogP contribution >= 0.6 is 12.2 Å². The van der Waals surface area contributed by atoms with Crippen molar-refractivity contribution in [3.8, 4) is 0 Å². The molecule has 1 aliphatic rings. The number of aliphatic hydroxyl groups excluding tert-OH is 1. The zero-order chi connectivity index (χ0) is 12.4. The average molecular weight is 250 g/mol. The molecule has 1 heterocycles. The molecule has 2 unspecified atom stereocenters. The summed E-state index contributed by atoms with van der Waals surface area (Å²) in [5.41, 5.74) is 1.01. The average Bonchev–Trinajstić information content (AvgIpc) is 2.58. The van der Waals surface area contributed by atoms with Crippen LogP contribution < -0.4 is 5.32 Å². The normalized spacial score (nSPS) is 21.5. The van der Waals surface area contributed by atoms with Crippen LogP contribution in [-0.4, -0.2) is 33.2 Å². The summed E-state index contributed by atoms with van der Waals surface area (Å²) in [6.07, 6.45) is -0.749. The summed E-state index contributed by atoms with van der Waals surface area (Å²) >= 11 is 5.10. The molecule has 1 aromatic rings. The molecule has 90 valence electrons. The number of nitrogens with zero attached hydrogens (tertiary/aromatic N) is 1. The van der Waals surface area contributed by atoms with Crippen LogP contribution in [0.1, 0.15) is 12.5 Å². The van der Waals surface area contributed by atoms with Crippen LogP contribution in [0.25, 0.3) is 0 Å². The summed E-state index contributed by atoms with van der Waals surface area (Å²) in [6, 6.07) is 9.00. The van der Waals surface area contributed by atoms with Gasteiger partial charge in [0.2, 0.25) is 0 Å². The van der Waals surface area contributed by atoms with Gasteiger partial charge in [0.1, 0.15) is 6.04 Å².